The molecule has 0 saturated carbocycles. The molecule has 0 atom stereocenters. The number of nitrogens with one attached hydrogen (secondary N) is 1. The summed E-state index contributed by atoms with van der Waals surface area (Å²) in [5.41, 5.74) is 2.16. The largest absolute Gasteiger partial charge is 0.465 e. The quantitative estimate of drug-likeness (QED) is 0.524. The van der Waals surface area contributed by atoms with Crippen LogP contribution in [0.1, 0.15) is 22.8 Å². The maximum atomic E-state index is 13.1. The van der Waals surface area contributed by atoms with Crippen molar-refractivity contribution in [3.8, 4) is 0 Å². The van der Waals surface area contributed by atoms with Gasteiger partial charge in [0.25, 0.3) is 5.91 Å². The second-order valence-corrected chi connectivity index (χ2v) is 6.80. The van der Waals surface area contributed by atoms with Crippen LogP contribution in [0.5, 0.6) is 0 Å². The molecule has 0 bridgehead atoms. The molecule has 0 fully saturated rings. The third-order valence-corrected chi connectivity index (χ3v) is 4.48. The fourth-order valence-corrected chi connectivity index (χ4v) is 2.98. The number of carbonyl (C=O) groups is 3. The first-order valence-corrected chi connectivity index (χ1v) is 10.2. The van der Waals surface area contributed by atoms with Gasteiger partial charge in [0.15, 0.2) is 0 Å². The minimum atomic E-state index is -0.627. The summed E-state index contributed by atoms with van der Waals surface area (Å²) in [5.74, 6) is -0.889. The van der Waals surface area contributed by atoms with Gasteiger partial charge in [0.1, 0.15) is 13.2 Å². The number of rotatable bonds is 8. The van der Waals surface area contributed by atoms with E-state index in [-0.39, 0.29) is 25.7 Å². The van der Waals surface area contributed by atoms with Crippen molar-refractivity contribution >= 4 is 29.3 Å². The normalized spacial score (nSPS) is 10.2. The molecule has 2 amide bonds. The Morgan fingerprint density at radius 1 is 0.844 bits per heavy atom. The van der Waals surface area contributed by atoms with Gasteiger partial charge in [-0.1, -0.05) is 54.6 Å². The highest BCUT2D eigenvalue weighted by Gasteiger charge is 2.22. The van der Waals surface area contributed by atoms with E-state index >= 15 is 0 Å². The molecule has 164 valence electrons. The Hall–Kier alpha value is -4.13. The van der Waals surface area contributed by atoms with Gasteiger partial charge in [0.2, 0.25) is 0 Å². The number of benzene rings is 3. The van der Waals surface area contributed by atoms with Crippen LogP contribution in [-0.4, -0.2) is 31.1 Å². The Morgan fingerprint density at radius 2 is 1.53 bits per heavy atom. The first kappa shape index (κ1) is 22.6. The van der Waals surface area contributed by atoms with Gasteiger partial charge < -0.3 is 9.47 Å². The number of hydrogen-bond acceptors (Lipinski definition) is 5. The van der Waals surface area contributed by atoms with E-state index in [1.807, 2.05) is 30.3 Å². The molecule has 1 N–H and O–H groups in total. The highest BCUT2D eigenvalue weighted by molar-refractivity contribution is 6.08. The number of ether oxygens (including phenoxy) is 2. The van der Waals surface area contributed by atoms with Gasteiger partial charge in [0, 0.05) is 16.9 Å². The highest BCUT2D eigenvalue weighted by atomic mass is 16.5. The minimum absolute atomic E-state index is 0.133. The smallest absolute Gasteiger partial charge is 0.411 e. The first-order chi connectivity index (χ1) is 15.6. The molecular formula is C25H24N2O5. The summed E-state index contributed by atoms with van der Waals surface area (Å²) in [6, 6.07) is 24.6. The molecule has 7 nitrogen and oxygen atoms in total. The first-order valence-electron chi connectivity index (χ1n) is 10.2. The zero-order valence-corrected chi connectivity index (χ0v) is 17.7. The van der Waals surface area contributed by atoms with Crippen molar-refractivity contribution in [3.63, 3.8) is 0 Å². The average molecular weight is 432 g/mol. The second-order valence-electron chi connectivity index (χ2n) is 6.80. The zero-order chi connectivity index (χ0) is 22.8. The van der Waals surface area contributed by atoms with Gasteiger partial charge >= 0.3 is 12.1 Å². The van der Waals surface area contributed by atoms with Gasteiger partial charge in [-0.15, -0.1) is 0 Å². The molecule has 0 unspecified atom stereocenters. The lowest BCUT2D eigenvalue weighted by Crippen LogP contribution is -2.36. The third-order valence-electron chi connectivity index (χ3n) is 4.48. The lowest BCUT2D eigenvalue weighted by molar-refractivity contribution is -0.141. The van der Waals surface area contributed by atoms with E-state index in [9.17, 15) is 14.4 Å². The Balaban J connectivity index is 1.75. The topological polar surface area (TPSA) is 84.9 Å². The van der Waals surface area contributed by atoms with E-state index in [0.29, 0.717) is 16.9 Å². The summed E-state index contributed by atoms with van der Waals surface area (Å²) in [4.78, 5) is 38.7. The predicted octanol–water partition coefficient (Wildman–Crippen LogP) is 4.65. The summed E-state index contributed by atoms with van der Waals surface area (Å²) < 4.78 is 10.3. The predicted molar refractivity (Wildman–Crippen MR) is 121 cm³/mol. The molecule has 0 heterocycles. The van der Waals surface area contributed by atoms with Crippen LogP contribution in [-0.2, 0) is 20.9 Å². The molecule has 0 radical (unpaired) electrons. The van der Waals surface area contributed by atoms with Crippen molar-refractivity contribution in [2.75, 3.05) is 23.4 Å². The molecule has 0 aromatic heterocycles. The van der Waals surface area contributed by atoms with Crippen LogP contribution in [0.25, 0.3) is 0 Å². The van der Waals surface area contributed by atoms with E-state index in [0.717, 1.165) is 5.56 Å². The van der Waals surface area contributed by atoms with Crippen molar-refractivity contribution in [3.05, 3.63) is 96.1 Å². The highest BCUT2D eigenvalue weighted by Crippen LogP contribution is 2.22. The molecular weight excluding hydrogens is 408 g/mol. The van der Waals surface area contributed by atoms with Crippen LogP contribution in [0.3, 0.4) is 0 Å². The van der Waals surface area contributed by atoms with E-state index in [4.69, 9.17) is 9.47 Å². The Morgan fingerprint density at radius 3 is 2.22 bits per heavy atom. The standard InChI is InChI=1S/C25H24N2O5/c1-2-31-23(28)17-27(24(29)20-12-7-4-8-13-20)22-15-9-14-21(16-22)26-25(30)32-18-19-10-5-3-6-11-19/h3-16H,2,17-18H2,1H3,(H,26,30). The summed E-state index contributed by atoms with van der Waals surface area (Å²) >= 11 is 0. The second kappa shape index (κ2) is 11.3. The van der Waals surface area contributed by atoms with Crippen molar-refractivity contribution < 1.29 is 23.9 Å². The van der Waals surface area contributed by atoms with E-state index in [2.05, 4.69) is 5.32 Å². The molecule has 0 aliphatic heterocycles. The maximum absolute atomic E-state index is 13.1. The number of anilines is 2. The molecule has 32 heavy (non-hydrogen) atoms. The Kier molecular flexibility index (Phi) is 7.97. The number of hydrogen-bond donors (Lipinski definition) is 1. The lowest BCUT2D eigenvalue weighted by Gasteiger charge is -2.22. The molecule has 3 aromatic rings. The molecule has 3 aromatic carbocycles. The summed E-state index contributed by atoms with van der Waals surface area (Å²) in [6.07, 6.45) is -0.627. The van der Waals surface area contributed by atoms with Crippen molar-refractivity contribution in [2.24, 2.45) is 0 Å². The van der Waals surface area contributed by atoms with Gasteiger partial charge in [-0.05, 0) is 42.8 Å². The minimum Gasteiger partial charge on any atom is -0.465 e. The fraction of sp³-hybridized carbons (Fsp3) is 0.160. The van der Waals surface area contributed by atoms with Gasteiger partial charge in [-0.3, -0.25) is 19.8 Å². The number of amides is 2. The van der Waals surface area contributed by atoms with Gasteiger partial charge in [-0.2, -0.15) is 0 Å². The maximum Gasteiger partial charge on any atom is 0.411 e. The third kappa shape index (κ3) is 6.43. The van der Waals surface area contributed by atoms with E-state index < -0.39 is 12.1 Å². The molecule has 0 spiro atoms. The molecule has 7 heteroatoms. The van der Waals surface area contributed by atoms with Gasteiger partial charge in [-0.25, -0.2) is 4.79 Å². The molecule has 0 aliphatic rings. The number of esters is 1. The van der Waals surface area contributed by atoms with Crippen LogP contribution < -0.4 is 10.2 Å². The van der Waals surface area contributed by atoms with Crippen LogP contribution >= 0.6 is 0 Å². The Labute approximate surface area is 186 Å². The number of carbonyl (C=O) groups excluding carboxylic acids is 3. The van der Waals surface area contributed by atoms with Crippen LogP contribution in [0.4, 0.5) is 16.2 Å². The summed E-state index contributed by atoms with van der Waals surface area (Å²) in [7, 11) is 0. The zero-order valence-electron chi connectivity index (χ0n) is 17.7. The van der Waals surface area contributed by atoms with E-state index in [1.54, 1.807) is 61.5 Å². The Bertz CT molecular complexity index is 1050. The monoisotopic (exact) mass is 432 g/mol. The summed E-state index contributed by atoms with van der Waals surface area (Å²) in [5, 5.41) is 2.65. The molecule has 0 aliphatic carbocycles. The molecule has 3 rings (SSSR count). The van der Waals surface area contributed by atoms with Crippen LogP contribution in [0.2, 0.25) is 0 Å². The lowest BCUT2D eigenvalue weighted by atomic mass is 10.1. The number of nitrogens with zero attached hydrogens (tertiary/aromatic N) is 1. The van der Waals surface area contributed by atoms with Gasteiger partial charge in [0.05, 0.1) is 6.61 Å². The average Bonchev–Trinajstić information content (AvgIpc) is 2.82. The van der Waals surface area contributed by atoms with Crippen molar-refractivity contribution in [1.29, 1.82) is 0 Å². The van der Waals surface area contributed by atoms with Crippen molar-refractivity contribution in [2.45, 2.75) is 13.5 Å². The SMILES string of the molecule is CCOC(=O)CN(C(=O)c1ccccc1)c1cccc(NC(=O)OCc2ccccc2)c1. The summed E-state index contributed by atoms with van der Waals surface area (Å²) in [6.45, 7) is 1.78. The molecule has 0 saturated heterocycles. The van der Waals surface area contributed by atoms with Crippen LogP contribution in [0, 0.1) is 0 Å². The van der Waals surface area contributed by atoms with Crippen molar-refractivity contribution in [1.82, 2.24) is 0 Å². The van der Waals surface area contributed by atoms with E-state index in [1.165, 1.54) is 4.90 Å². The fourth-order valence-electron chi connectivity index (χ4n) is 2.98. The van der Waals surface area contributed by atoms with Crippen LogP contribution in [0.15, 0.2) is 84.9 Å².